The molecule has 0 saturated heterocycles. The molecule has 0 radical (unpaired) electrons. The SMILES string of the molecule is C[Si](C)=[Zr+2].[Cl-].[Cl-].c1ccc(-c2cccc3[cH-]c(C4CC4)cc23)cc1.c1ccc(-c2cccc3[cH-]c(C4CC4)cc23)cc1. The van der Waals surface area contributed by atoms with E-state index in [1.165, 1.54) is 80.6 Å². The van der Waals surface area contributed by atoms with Gasteiger partial charge in [-0.2, -0.15) is 12.1 Å². The zero-order valence-corrected chi connectivity index (χ0v) is 29.3. The Bertz CT molecular complexity index is 1610. The molecule has 6 aromatic rings. The third-order valence-electron chi connectivity index (χ3n) is 7.81. The van der Waals surface area contributed by atoms with Gasteiger partial charge >= 0.3 is 41.9 Å². The molecule has 0 aliphatic heterocycles. The molecular weight excluding hydrogens is 647 g/mol. The smallest absolute Gasteiger partial charge is 0.0279 e. The zero-order valence-electron chi connectivity index (χ0n) is 24.3. The van der Waals surface area contributed by atoms with Crippen molar-refractivity contribution in [2.45, 2.75) is 50.6 Å². The molecule has 2 fully saturated rings. The molecule has 0 nitrogen and oxygen atoms in total. The van der Waals surface area contributed by atoms with Crippen LogP contribution in [0.3, 0.4) is 0 Å². The first-order valence-electron chi connectivity index (χ1n) is 14.6. The summed E-state index contributed by atoms with van der Waals surface area (Å²) >= 11 is 1.74. The zero-order chi connectivity index (χ0) is 27.5. The van der Waals surface area contributed by atoms with Gasteiger partial charge in [-0.1, -0.05) is 83.9 Å². The summed E-state index contributed by atoms with van der Waals surface area (Å²) in [4.78, 5) is 0. The molecule has 0 aromatic heterocycles. The molecular formula is C38H36Cl2SiZr-2. The van der Waals surface area contributed by atoms with Crippen molar-refractivity contribution >= 4 is 27.0 Å². The van der Waals surface area contributed by atoms with Gasteiger partial charge < -0.3 is 24.8 Å². The maximum absolute atomic E-state index is 2.40. The molecule has 8 rings (SSSR count). The van der Waals surface area contributed by atoms with Crippen LogP contribution in [-0.4, -0.2) is 5.43 Å². The summed E-state index contributed by atoms with van der Waals surface area (Å²) in [6.45, 7) is 4.62. The normalized spacial score (nSPS) is 13.6. The second-order valence-electron chi connectivity index (χ2n) is 11.5. The average Bonchev–Trinajstić information content (AvgIpc) is 3.92. The van der Waals surface area contributed by atoms with Gasteiger partial charge in [0.1, 0.15) is 0 Å². The van der Waals surface area contributed by atoms with Crippen molar-refractivity contribution in [1.82, 2.24) is 0 Å². The van der Waals surface area contributed by atoms with Gasteiger partial charge in [0.25, 0.3) is 0 Å². The van der Waals surface area contributed by atoms with Crippen LogP contribution < -0.4 is 24.8 Å². The molecule has 2 aliphatic carbocycles. The van der Waals surface area contributed by atoms with Crippen LogP contribution in [0.4, 0.5) is 0 Å². The fourth-order valence-electron chi connectivity index (χ4n) is 5.56. The fourth-order valence-corrected chi connectivity index (χ4v) is 5.56. The van der Waals surface area contributed by atoms with E-state index in [0.717, 1.165) is 11.8 Å². The maximum Gasteiger partial charge on any atom is -0.0279 e. The largest absolute Gasteiger partial charge is 1.00 e. The maximum atomic E-state index is 2.40. The van der Waals surface area contributed by atoms with Gasteiger partial charge in [0.2, 0.25) is 0 Å². The topological polar surface area (TPSA) is 0 Å². The summed E-state index contributed by atoms with van der Waals surface area (Å²) in [6.07, 6.45) is 5.49. The summed E-state index contributed by atoms with van der Waals surface area (Å²) in [5.41, 5.74) is 8.64. The third-order valence-corrected chi connectivity index (χ3v) is 7.81. The molecule has 0 amide bonds. The van der Waals surface area contributed by atoms with Crippen LogP contribution in [0.2, 0.25) is 13.1 Å². The van der Waals surface area contributed by atoms with Crippen molar-refractivity contribution in [3.8, 4) is 22.3 Å². The number of fused-ring (bicyclic) bond motifs is 2. The van der Waals surface area contributed by atoms with E-state index >= 15 is 0 Å². The monoisotopic (exact) mass is 680 g/mol. The molecule has 2 saturated carbocycles. The van der Waals surface area contributed by atoms with Gasteiger partial charge in [-0.25, -0.2) is 0 Å². The Morgan fingerprint density at radius 3 is 1.24 bits per heavy atom. The van der Waals surface area contributed by atoms with E-state index in [0.29, 0.717) is 0 Å². The molecule has 212 valence electrons. The molecule has 2 aliphatic rings. The van der Waals surface area contributed by atoms with Gasteiger partial charge in [-0.15, -0.1) is 69.1 Å². The van der Waals surface area contributed by atoms with Crippen LogP contribution in [0.1, 0.15) is 48.6 Å². The van der Waals surface area contributed by atoms with E-state index < -0.39 is 0 Å². The quantitative estimate of drug-likeness (QED) is 0.182. The predicted molar refractivity (Wildman–Crippen MR) is 171 cm³/mol. The number of benzene rings is 4. The first kappa shape index (κ1) is 32.7. The summed E-state index contributed by atoms with van der Waals surface area (Å²) in [7, 11) is 0. The number of hydrogen-bond acceptors (Lipinski definition) is 0. The average molecular weight is 683 g/mol. The van der Waals surface area contributed by atoms with Gasteiger partial charge in [-0.05, 0) is 48.6 Å². The minimum atomic E-state index is 0. The van der Waals surface area contributed by atoms with Crippen molar-refractivity contribution in [2.24, 2.45) is 0 Å². The summed E-state index contributed by atoms with van der Waals surface area (Å²) in [5.74, 6) is 1.67. The van der Waals surface area contributed by atoms with E-state index in [2.05, 4.69) is 134 Å². The molecule has 0 unspecified atom stereocenters. The van der Waals surface area contributed by atoms with Crippen molar-refractivity contribution < 1.29 is 48.1 Å². The minimum Gasteiger partial charge on any atom is -1.00 e. The molecule has 0 heterocycles. The summed E-state index contributed by atoms with van der Waals surface area (Å²) in [6, 6.07) is 44.2. The first-order valence-corrected chi connectivity index (χ1v) is 20.8. The molecule has 0 N–H and O–H groups in total. The van der Waals surface area contributed by atoms with E-state index in [4.69, 9.17) is 0 Å². The molecule has 6 aromatic carbocycles. The Labute approximate surface area is 278 Å². The first-order chi connectivity index (χ1) is 19.6. The number of halogens is 2. The number of rotatable bonds is 4. The summed E-state index contributed by atoms with van der Waals surface area (Å²) < 4.78 is 0. The standard InChI is InChI=1S/2C18H15.C2H6Si.2ClH.Zr/c2*1-2-5-14(6-3-1)17-8-4-7-15-11-16(12-18(15)17)13-9-10-13;1-3-2;;;/h2*1-8,11-13H,9-10H2;1-2H3;2*1H;/q2*-1;;;;+2/p-2. The van der Waals surface area contributed by atoms with E-state index in [9.17, 15) is 0 Å². The van der Waals surface area contributed by atoms with Crippen LogP contribution in [0.5, 0.6) is 0 Å². The van der Waals surface area contributed by atoms with Crippen LogP contribution in [0, 0.1) is 0 Å². The van der Waals surface area contributed by atoms with Gasteiger partial charge in [0.05, 0.1) is 0 Å². The Balaban J connectivity index is 0.000000165. The van der Waals surface area contributed by atoms with E-state index in [1.54, 1.807) is 23.3 Å². The Morgan fingerprint density at radius 1 is 0.548 bits per heavy atom. The van der Waals surface area contributed by atoms with Crippen LogP contribution in [0.15, 0.2) is 121 Å². The molecule has 42 heavy (non-hydrogen) atoms. The Morgan fingerprint density at radius 2 is 0.905 bits per heavy atom. The van der Waals surface area contributed by atoms with Crippen molar-refractivity contribution in [3.05, 3.63) is 132 Å². The fraction of sp³-hybridized carbons (Fsp3) is 0.211. The van der Waals surface area contributed by atoms with Gasteiger partial charge in [0.15, 0.2) is 0 Å². The second kappa shape index (κ2) is 15.0. The van der Waals surface area contributed by atoms with Gasteiger partial charge in [0, 0.05) is 0 Å². The third kappa shape index (κ3) is 8.03. The Hall–Kier alpha value is -2.22. The second-order valence-corrected chi connectivity index (χ2v) is 20.8. The number of hydrogen-bond donors (Lipinski definition) is 0. The van der Waals surface area contributed by atoms with Crippen LogP contribution in [-0.2, 0) is 23.3 Å². The van der Waals surface area contributed by atoms with Crippen molar-refractivity contribution in [1.29, 1.82) is 0 Å². The van der Waals surface area contributed by atoms with Crippen LogP contribution in [0.25, 0.3) is 43.8 Å². The molecule has 0 spiro atoms. The predicted octanol–water partition coefficient (Wildman–Crippen LogP) is 5.00. The van der Waals surface area contributed by atoms with E-state index in [-0.39, 0.29) is 30.2 Å². The molecule has 0 atom stereocenters. The molecule has 4 heteroatoms. The summed E-state index contributed by atoms with van der Waals surface area (Å²) in [5, 5.41) is 5.59. The van der Waals surface area contributed by atoms with Crippen LogP contribution >= 0.6 is 0 Å². The van der Waals surface area contributed by atoms with E-state index in [1.807, 2.05) is 0 Å². The molecule has 0 bridgehead atoms. The minimum absolute atomic E-state index is 0. The van der Waals surface area contributed by atoms with Crippen molar-refractivity contribution in [2.75, 3.05) is 0 Å². The van der Waals surface area contributed by atoms with Crippen molar-refractivity contribution in [3.63, 3.8) is 0 Å². The van der Waals surface area contributed by atoms with Gasteiger partial charge in [-0.3, -0.25) is 0 Å². The Kier molecular flexibility index (Phi) is 11.7.